The first-order valence-electron chi connectivity index (χ1n) is 16.8. The lowest BCUT2D eigenvalue weighted by Crippen LogP contribution is -2.52. The third-order valence-electron chi connectivity index (χ3n) is 10.4. The third-order valence-corrected chi connectivity index (χ3v) is 10.4. The molecule has 0 bridgehead atoms. The molecule has 2 aromatic rings. The van der Waals surface area contributed by atoms with Gasteiger partial charge in [-0.05, 0) is 81.3 Å². The Bertz CT molecular complexity index is 1400. The van der Waals surface area contributed by atoms with E-state index in [-0.39, 0.29) is 42.3 Å². The second-order valence-electron chi connectivity index (χ2n) is 13.2. The second kappa shape index (κ2) is 14.0. The average molecular weight is 640 g/mol. The molecule has 46 heavy (non-hydrogen) atoms. The molecule has 4 amide bonds. The number of rotatable bonds is 7. The predicted octanol–water partition coefficient (Wildman–Crippen LogP) is 5.77. The number of nitrogens with zero attached hydrogens (tertiary/aromatic N) is 4. The highest BCUT2D eigenvalue weighted by atomic mass is 19.4. The van der Waals surface area contributed by atoms with Gasteiger partial charge in [0.2, 0.25) is 11.8 Å². The molecule has 0 saturated carbocycles. The minimum atomic E-state index is -4.55. The van der Waals surface area contributed by atoms with Crippen molar-refractivity contribution in [3.8, 4) is 0 Å². The van der Waals surface area contributed by atoms with Crippen LogP contribution in [0.1, 0.15) is 68.1 Å². The Balaban J connectivity index is 1.11. The molecular formula is C35H44F3N5O3. The molecule has 4 heterocycles. The Kier molecular flexibility index (Phi) is 9.86. The lowest BCUT2D eigenvalue weighted by atomic mass is 9.90. The zero-order chi connectivity index (χ0) is 32.3. The Hall–Kier alpha value is -3.60. The molecule has 248 valence electrons. The third kappa shape index (κ3) is 7.35. The van der Waals surface area contributed by atoms with Gasteiger partial charge in [0.1, 0.15) is 0 Å². The van der Waals surface area contributed by atoms with Crippen LogP contribution in [0.2, 0.25) is 0 Å². The van der Waals surface area contributed by atoms with Gasteiger partial charge in [0.15, 0.2) is 0 Å². The number of benzene rings is 2. The van der Waals surface area contributed by atoms with Crippen molar-refractivity contribution in [1.82, 2.24) is 19.6 Å². The lowest BCUT2D eigenvalue weighted by Gasteiger charge is -2.41. The number of alkyl halides is 3. The van der Waals surface area contributed by atoms with E-state index in [0.29, 0.717) is 51.6 Å². The van der Waals surface area contributed by atoms with Gasteiger partial charge in [-0.3, -0.25) is 9.59 Å². The normalized spacial score (nSPS) is 21.1. The van der Waals surface area contributed by atoms with E-state index in [9.17, 15) is 27.6 Å². The van der Waals surface area contributed by atoms with Gasteiger partial charge in [-0.1, -0.05) is 42.8 Å². The smallest absolute Gasteiger partial charge is 0.343 e. The van der Waals surface area contributed by atoms with Gasteiger partial charge in [-0.25, -0.2) is 4.79 Å². The molecule has 3 saturated heterocycles. The molecule has 11 heteroatoms. The standard InChI is InChI=1S/C35H44F3N5O3/c36-35(37,38)30-10-4-2-8-25(30)22-27(33(45)42-20-12-28(13-21-42)40-16-6-1-7-17-40)23-32(44)41-18-14-29(15-19-41)43-24-26-9-3-5-11-31(26)39-34(43)46/h2-5,8-11,27-29H,1,6-7,12-24H2,(H,39,46)/t27-/m1/s1. The van der Waals surface area contributed by atoms with Crippen LogP contribution in [0.3, 0.4) is 0 Å². The minimum absolute atomic E-state index is 0.0327. The number of piperidine rings is 3. The molecule has 0 radical (unpaired) electrons. The van der Waals surface area contributed by atoms with Gasteiger partial charge in [-0.2, -0.15) is 13.2 Å². The van der Waals surface area contributed by atoms with E-state index < -0.39 is 17.7 Å². The van der Waals surface area contributed by atoms with Crippen LogP contribution in [0.5, 0.6) is 0 Å². The summed E-state index contributed by atoms with van der Waals surface area (Å²) >= 11 is 0. The van der Waals surface area contributed by atoms with Crippen LogP contribution in [-0.2, 0) is 28.7 Å². The van der Waals surface area contributed by atoms with E-state index in [0.717, 1.165) is 43.2 Å². The summed E-state index contributed by atoms with van der Waals surface area (Å²) in [6, 6.07) is 13.3. The molecular weight excluding hydrogens is 595 g/mol. The maximum atomic E-state index is 14.0. The maximum Gasteiger partial charge on any atom is 0.416 e. The Morgan fingerprint density at radius 1 is 0.804 bits per heavy atom. The highest BCUT2D eigenvalue weighted by Gasteiger charge is 2.38. The van der Waals surface area contributed by atoms with Gasteiger partial charge < -0.3 is 24.9 Å². The van der Waals surface area contributed by atoms with E-state index in [1.165, 1.54) is 31.4 Å². The number of carbonyl (C=O) groups excluding carboxylic acids is 3. The van der Waals surface area contributed by atoms with Crippen LogP contribution in [0.25, 0.3) is 0 Å². The van der Waals surface area contributed by atoms with Crippen molar-refractivity contribution in [1.29, 1.82) is 0 Å². The molecule has 0 aliphatic carbocycles. The number of halogens is 3. The topological polar surface area (TPSA) is 76.2 Å². The minimum Gasteiger partial charge on any atom is -0.343 e. The Morgan fingerprint density at radius 3 is 2.15 bits per heavy atom. The fourth-order valence-corrected chi connectivity index (χ4v) is 7.76. The van der Waals surface area contributed by atoms with Crippen LogP contribution in [0.4, 0.5) is 23.7 Å². The van der Waals surface area contributed by atoms with Crippen LogP contribution < -0.4 is 5.32 Å². The first kappa shape index (κ1) is 32.3. The largest absolute Gasteiger partial charge is 0.416 e. The Morgan fingerprint density at radius 2 is 1.43 bits per heavy atom. The van der Waals surface area contributed by atoms with Crippen LogP contribution >= 0.6 is 0 Å². The molecule has 6 rings (SSSR count). The molecule has 4 aliphatic heterocycles. The number of likely N-dealkylation sites (tertiary alicyclic amines) is 3. The monoisotopic (exact) mass is 639 g/mol. The number of urea groups is 1. The molecule has 0 unspecified atom stereocenters. The lowest BCUT2D eigenvalue weighted by molar-refractivity contribution is -0.143. The van der Waals surface area contributed by atoms with Gasteiger partial charge in [0.25, 0.3) is 0 Å². The summed E-state index contributed by atoms with van der Waals surface area (Å²) in [5.41, 5.74) is 1.14. The molecule has 0 spiro atoms. The maximum absolute atomic E-state index is 14.0. The molecule has 1 atom stereocenters. The number of carbonyl (C=O) groups is 3. The van der Waals surface area contributed by atoms with Crippen molar-refractivity contribution in [3.05, 3.63) is 65.2 Å². The van der Waals surface area contributed by atoms with Crippen molar-refractivity contribution in [2.45, 2.75) is 82.6 Å². The first-order valence-corrected chi connectivity index (χ1v) is 16.8. The number of para-hydroxylation sites is 1. The zero-order valence-corrected chi connectivity index (χ0v) is 26.3. The summed E-state index contributed by atoms with van der Waals surface area (Å²) < 4.78 is 41.8. The van der Waals surface area contributed by atoms with E-state index in [4.69, 9.17) is 0 Å². The van der Waals surface area contributed by atoms with Crippen molar-refractivity contribution < 1.29 is 27.6 Å². The number of hydrogen-bond donors (Lipinski definition) is 1. The highest BCUT2D eigenvalue weighted by molar-refractivity contribution is 5.92. The highest BCUT2D eigenvalue weighted by Crippen LogP contribution is 2.34. The van der Waals surface area contributed by atoms with Gasteiger partial charge >= 0.3 is 12.2 Å². The van der Waals surface area contributed by atoms with Crippen LogP contribution in [-0.4, -0.2) is 88.8 Å². The summed E-state index contributed by atoms with van der Waals surface area (Å²) in [7, 11) is 0. The number of hydrogen-bond acceptors (Lipinski definition) is 4. The van der Waals surface area contributed by atoms with Crippen molar-refractivity contribution >= 4 is 23.5 Å². The SMILES string of the molecule is O=C(C[C@@H](Cc1ccccc1C(F)(F)F)C(=O)N1CCC(N2CCCCC2)CC1)N1CCC(N2Cc3ccccc3NC2=O)CC1. The zero-order valence-electron chi connectivity index (χ0n) is 26.3. The second-order valence-corrected chi connectivity index (χ2v) is 13.2. The molecule has 8 nitrogen and oxygen atoms in total. The summed E-state index contributed by atoms with van der Waals surface area (Å²) in [6.07, 6.45) is 1.68. The molecule has 1 N–H and O–H groups in total. The number of fused-ring (bicyclic) bond motifs is 1. The molecule has 4 aliphatic rings. The quantitative estimate of drug-likeness (QED) is 0.418. The van der Waals surface area contributed by atoms with Crippen molar-refractivity contribution in [2.75, 3.05) is 44.6 Å². The predicted molar refractivity (Wildman–Crippen MR) is 169 cm³/mol. The summed E-state index contributed by atoms with van der Waals surface area (Å²) in [5.74, 6) is -1.34. The fourth-order valence-electron chi connectivity index (χ4n) is 7.76. The van der Waals surface area contributed by atoms with Gasteiger partial charge in [0.05, 0.1) is 11.5 Å². The van der Waals surface area contributed by atoms with Crippen LogP contribution in [0.15, 0.2) is 48.5 Å². The molecule has 0 aromatic heterocycles. The molecule has 3 fully saturated rings. The molecule has 2 aromatic carbocycles. The summed E-state index contributed by atoms with van der Waals surface area (Å²) in [5, 5.41) is 2.95. The van der Waals surface area contributed by atoms with E-state index in [1.807, 2.05) is 29.2 Å². The van der Waals surface area contributed by atoms with Gasteiger partial charge in [0, 0.05) is 56.9 Å². The van der Waals surface area contributed by atoms with E-state index in [1.54, 1.807) is 15.9 Å². The summed E-state index contributed by atoms with van der Waals surface area (Å²) in [4.78, 5) is 48.3. The van der Waals surface area contributed by atoms with Crippen molar-refractivity contribution in [3.63, 3.8) is 0 Å². The first-order chi connectivity index (χ1) is 22.2. The summed E-state index contributed by atoms with van der Waals surface area (Å²) in [6.45, 7) is 4.62. The number of anilines is 1. The van der Waals surface area contributed by atoms with E-state index in [2.05, 4.69) is 10.2 Å². The van der Waals surface area contributed by atoms with Crippen LogP contribution in [0, 0.1) is 5.92 Å². The average Bonchev–Trinajstić information content (AvgIpc) is 3.07. The fraction of sp³-hybridized carbons (Fsp3) is 0.571. The van der Waals surface area contributed by atoms with Gasteiger partial charge in [-0.15, -0.1) is 0 Å². The Labute approximate surface area is 268 Å². The number of nitrogens with one attached hydrogen (secondary N) is 1. The van der Waals surface area contributed by atoms with E-state index >= 15 is 0 Å². The number of amides is 4. The van der Waals surface area contributed by atoms with Crippen molar-refractivity contribution in [2.24, 2.45) is 5.92 Å².